The van der Waals surface area contributed by atoms with E-state index in [4.69, 9.17) is 0 Å². The molecule has 0 spiro atoms. The van der Waals surface area contributed by atoms with E-state index in [0.717, 1.165) is 28.2 Å². The third-order valence-electron chi connectivity index (χ3n) is 5.33. The van der Waals surface area contributed by atoms with Gasteiger partial charge in [0.1, 0.15) is 18.0 Å². The highest BCUT2D eigenvalue weighted by Gasteiger charge is 2.19. The summed E-state index contributed by atoms with van der Waals surface area (Å²) < 4.78 is 20.1. The van der Waals surface area contributed by atoms with E-state index >= 15 is 0 Å². The number of carbonyl (C=O) groups excluding carboxylic acids is 2. The largest absolute Gasteiger partial charge is 0.469 e. The van der Waals surface area contributed by atoms with Crippen LogP contribution in [-0.4, -0.2) is 34.6 Å². The first-order chi connectivity index (χ1) is 15.8. The second kappa shape index (κ2) is 10.9. The Morgan fingerprint density at radius 3 is 2.36 bits per heavy atom. The highest BCUT2D eigenvalue weighted by atomic mass is 19.1. The average Bonchev–Trinajstić information content (AvgIpc) is 3.18. The molecule has 1 N–H and O–H groups in total. The number of nitrogens with zero attached hydrogens (tertiary/aromatic N) is 1. The SMILES string of the molecule is COC(=O)CC(=O)CC(O)/C=C/c1c(C(C)C)cc(-c2ccccc2)n1-c1ccc(F)cc1. The topological polar surface area (TPSA) is 68.5 Å². The summed E-state index contributed by atoms with van der Waals surface area (Å²) in [5.74, 6) is -1.18. The maximum Gasteiger partial charge on any atom is 0.313 e. The molecule has 1 atom stereocenters. The summed E-state index contributed by atoms with van der Waals surface area (Å²) in [5, 5.41) is 10.4. The number of esters is 1. The van der Waals surface area contributed by atoms with Crippen molar-refractivity contribution < 1.29 is 23.8 Å². The molecule has 0 aliphatic rings. The molecule has 2 aromatic carbocycles. The Kier molecular flexibility index (Phi) is 7.96. The molecule has 0 fully saturated rings. The molecule has 0 aliphatic carbocycles. The van der Waals surface area contributed by atoms with Gasteiger partial charge in [0.25, 0.3) is 0 Å². The molecule has 172 valence electrons. The molecule has 0 saturated heterocycles. The number of aliphatic hydroxyl groups excluding tert-OH is 1. The lowest BCUT2D eigenvalue weighted by Crippen LogP contribution is -2.15. The molecular formula is C27H28FNO4. The Bertz CT molecular complexity index is 1130. The predicted octanol–water partition coefficient (Wildman–Crippen LogP) is 5.30. The van der Waals surface area contributed by atoms with Crippen molar-refractivity contribution in [1.29, 1.82) is 0 Å². The standard InChI is InChI=1S/C27H28FNO4/c1-18(2)24-17-26(19-7-5-4-6-8-19)29(21-11-9-20(28)10-12-21)25(24)14-13-22(30)15-23(31)16-27(32)33-3/h4-14,17-18,22,30H,15-16H2,1-3H3/b14-13+. The van der Waals surface area contributed by atoms with Gasteiger partial charge >= 0.3 is 5.97 Å². The number of methoxy groups -OCH3 is 1. The molecule has 33 heavy (non-hydrogen) atoms. The van der Waals surface area contributed by atoms with Crippen LogP contribution < -0.4 is 0 Å². The Balaban J connectivity index is 2.04. The quantitative estimate of drug-likeness (QED) is 0.355. The van der Waals surface area contributed by atoms with Gasteiger partial charge in [-0.2, -0.15) is 0 Å². The molecule has 0 radical (unpaired) electrons. The molecule has 0 amide bonds. The number of benzene rings is 2. The highest BCUT2D eigenvalue weighted by molar-refractivity contribution is 5.95. The van der Waals surface area contributed by atoms with Gasteiger partial charge in [-0.1, -0.05) is 50.3 Å². The molecule has 1 unspecified atom stereocenters. The van der Waals surface area contributed by atoms with Crippen LogP contribution in [0.4, 0.5) is 4.39 Å². The predicted molar refractivity (Wildman–Crippen MR) is 127 cm³/mol. The van der Waals surface area contributed by atoms with Gasteiger partial charge in [-0.3, -0.25) is 9.59 Å². The average molecular weight is 450 g/mol. The van der Waals surface area contributed by atoms with Gasteiger partial charge in [-0.05, 0) is 53.5 Å². The van der Waals surface area contributed by atoms with Crippen molar-refractivity contribution in [2.24, 2.45) is 0 Å². The van der Waals surface area contributed by atoms with Crippen molar-refractivity contribution in [3.63, 3.8) is 0 Å². The van der Waals surface area contributed by atoms with Crippen molar-refractivity contribution in [2.45, 2.75) is 38.7 Å². The maximum absolute atomic E-state index is 13.6. The third kappa shape index (κ3) is 6.05. The lowest BCUT2D eigenvalue weighted by atomic mass is 10.0. The van der Waals surface area contributed by atoms with Gasteiger partial charge < -0.3 is 14.4 Å². The Morgan fingerprint density at radius 1 is 1.09 bits per heavy atom. The van der Waals surface area contributed by atoms with E-state index in [-0.39, 0.29) is 24.6 Å². The number of hydrogen-bond acceptors (Lipinski definition) is 4. The van der Waals surface area contributed by atoms with Crippen LogP contribution in [0.25, 0.3) is 23.0 Å². The van der Waals surface area contributed by atoms with E-state index in [1.807, 2.05) is 34.9 Å². The van der Waals surface area contributed by atoms with Gasteiger partial charge in [0.15, 0.2) is 0 Å². The number of aromatic nitrogens is 1. The summed E-state index contributed by atoms with van der Waals surface area (Å²) in [5.41, 5.74) is 4.58. The van der Waals surface area contributed by atoms with Crippen LogP contribution in [0.15, 0.2) is 66.7 Å². The molecule has 1 aromatic heterocycles. The number of aliphatic hydroxyl groups is 1. The smallest absolute Gasteiger partial charge is 0.313 e. The number of rotatable bonds is 9. The van der Waals surface area contributed by atoms with Crippen molar-refractivity contribution in [3.05, 3.63) is 83.8 Å². The number of carbonyl (C=O) groups is 2. The minimum absolute atomic E-state index is 0.173. The fourth-order valence-electron chi connectivity index (χ4n) is 3.68. The summed E-state index contributed by atoms with van der Waals surface area (Å²) in [7, 11) is 1.22. The zero-order valence-corrected chi connectivity index (χ0v) is 19.0. The molecule has 0 aliphatic heterocycles. The summed E-state index contributed by atoms with van der Waals surface area (Å²) >= 11 is 0. The molecule has 6 heteroatoms. The van der Waals surface area contributed by atoms with E-state index in [9.17, 15) is 19.1 Å². The van der Waals surface area contributed by atoms with Crippen molar-refractivity contribution >= 4 is 17.8 Å². The van der Waals surface area contributed by atoms with Gasteiger partial charge in [-0.15, -0.1) is 0 Å². The van der Waals surface area contributed by atoms with Crippen LogP contribution in [0.5, 0.6) is 0 Å². The number of halogens is 1. The van der Waals surface area contributed by atoms with E-state index in [2.05, 4.69) is 24.7 Å². The first kappa shape index (κ1) is 24.1. The van der Waals surface area contributed by atoms with Crippen LogP contribution in [0.1, 0.15) is 43.9 Å². The lowest BCUT2D eigenvalue weighted by molar-refractivity contribution is -0.143. The van der Waals surface area contributed by atoms with Gasteiger partial charge in [0.2, 0.25) is 0 Å². The van der Waals surface area contributed by atoms with Crippen molar-refractivity contribution in [3.8, 4) is 16.9 Å². The molecule has 0 bridgehead atoms. The number of Topliss-reactive ketones (excluding diaryl/α,β-unsaturated/α-hetero) is 1. The number of hydrogen-bond donors (Lipinski definition) is 1. The minimum atomic E-state index is -1.06. The zero-order valence-electron chi connectivity index (χ0n) is 19.0. The molecule has 3 aromatic rings. The Labute approximate surface area is 193 Å². The first-order valence-electron chi connectivity index (χ1n) is 10.8. The lowest BCUT2D eigenvalue weighted by Gasteiger charge is -2.14. The molecule has 0 saturated carbocycles. The Hall–Kier alpha value is -3.51. The molecule has 5 nitrogen and oxygen atoms in total. The zero-order chi connectivity index (χ0) is 24.0. The van der Waals surface area contributed by atoms with Crippen LogP contribution in [0.3, 0.4) is 0 Å². The maximum atomic E-state index is 13.6. The summed E-state index contributed by atoms with van der Waals surface area (Å²) in [4.78, 5) is 23.3. The van der Waals surface area contributed by atoms with Gasteiger partial charge in [-0.25, -0.2) is 4.39 Å². The van der Waals surface area contributed by atoms with Crippen molar-refractivity contribution in [1.82, 2.24) is 4.57 Å². The monoisotopic (exact) mass is 449 g/mol. The van der Waals surface area contributed by atoms with Crippen LogP contribution in [0, 0.1) is 5.82 Å². The fourth-order valence-corrected chi connectivity index (χ4v) is 3.68. The summed E-state index contributed by atoms with van der Waals surface area (Å²) in [6.07, 6.45) is 1.71. The van der Waals surface area contributed by atoms with E-state index < -0.39 is 17.9 Å². The normalized spacial score (nSPS) is 12.3. The third-order valence-corrected chi connectivity index (χ3v) is 5.33. The minimum Gasteiger partial charge on any atom is -0.469 e. The second-order valence-corrected chi connectivity index (χ2v) is 8.12. The van der Waals surface area contributed by atoms with E-state index in [1.54, 1.807) is 24.3 Å². The van der Waals surface area contributed by atoms with Gasteiger partial charge in [0.05, 0.1) is 18.9 Å². The Morgan fingerprint density at radius 2 is 1.76 bits per heavy atom. The van der Waals surface area contributed by atoms with Crippen molar-refractivity contribution in [2.75, 3.05) is 7.11 Å². The van der Waals surface area contributed by atoms with Crippen LogP contribution >= 0.6 is 0 Å². The second-order valence-electron chi connectivity index (χ2n) is 8.12. The van der Waals surface area contributed by atoms with Gasteiger partial charge in [0, 0.05) is 17.8 Å². The number of ketones is 1. The highest BCUT2D eigenvalue weighted by Crippen LogP contribution is 2.34. The summed E-state index contributed by atoms with van der Waals surface area (Å²) in [6.45, 7) is 4.15. The van der Waals surface area contributed by atoms with Crippen LogP contribution in [0.2, 0.25) is 0 Å². The number of ether oxygens (including phenoxy) is 1. The van der Waals surface area contributed by atoms with E-state index in [1.165, 1.54) is 19.2 Å². The van der Waals surface area contributed by atoms with E-state index in [0.29, 0.717) is 0 Å². The molecule has 3 rings (SSSR count). The first-order valence-corrected chi connectivity index (χ1v) is 10.8. The molecule has 1 heterocycles. The van der Waals surface area contributed by atoms with Crippen LogP contribution in [-0.2, 0) is 14.3 Å². The summed E-state index contributed by atoms with van der Waals surface area (Å²) in [6, 6.07) is 18.2. The fraction of sp³-hybridized carbons (Fsp3) is 0.259. The molecular weight excluding hydrogens is 421 g/mol.